The van der Waals surface area contributed by atoms with Crippen molar-refractivity contribution in [2.45, 2.75) is 39.0 Å². The zero-order chi connectivity index (χ0) is 22.1. The normalized spacial score (nSPS) is 19.0. The molecule has 1 N–H and O–H groups in total. The van der Waals surface area contributed by atoms with Gasteiger partial charge in [-0.1, -0.05) is 11.3 Å². The van der Waals surface area contributed by atoms with E-state index in [0.29, 0.717) is 40.5 Å². The van der Waals surface area contributed by atoms with E-state index < -0.39 is 5.95 Å². The summed E-state index contributed by atoms with van der Waals surface area (Å²) < 4.78 is 39.3. The number of fused-ring (bicyclic) bond motifs is 1. The molecule has 0 aliphatic carbocycles. The molecule has 1 aliphatic rings. The number of benzene rings is 1. The minimum atomic E-state index is -0.576. The highest BCUT2D eigenvalue weighted by molar-refractivity contribution is 7.15. The van der Waals surface area contributed by atoms with E-state index in [-0.39, 0.29) is 29.0 Å². The Morgan fingerprint density at radius 3 is 2.87 bits per heavy atom. The largest absolute Gasteiger partial charge is 0.480 e. The molecule has 164 valence electrons. The molecular formula is C21H22F2N4O3S. The maximum Gasteiger partial charge on any atom is 0.230 e. The van der Waals surface area contributed by atoms with Crippen LogP contribution >= 0.6 is 11.3 Å². The van der Waals surface area contributed by atoms with Crippen molar-refractivity contribution in [2.75, 3.05) is 19.0 Å². The lowest BCUT2D eigenvalue weighted by atomic mass is 10.1. The summed E-state index contributed by atoms with van der Waals surface area (Å²) in [6.07, 6.45) is 0.563. The van der Waals surface area contributed by atoms with Crippen molar-refractivity contribution >= 4 is 33.1 Å². The number of carbonyl (C=O) groups is 1. The fourth-order valence-corrected chi connectivity index (χ4v) is 4.64. The number of thiazole rings is 1. The summed E-state index contributed by atoms with van der Waals surface area (Å²) >= 11 is 1.12. The Bertz CT molecular complexity index is 1120. The van der Waals surface area contributed by atoms with Crippen LogP contribution in [0.25, 0.3) is 10.8 Å². The molecule has 3 aromatic rings. The first-order chi connectivity index (χ1) is 14.8. The number of likely N-dealkylation sites (tertiary alicyclic amines) is 1. The van der Waals surface area contributed by atoms with Crippen LogP contribution in [0, 0.1) is 11.8 Å². The lowest BCUT2D eigenvalue weighted by Crippen LogP contribution is -2.28. The number of aromatic nitrogens is 2. The number of amides is 1. The maximum atomic E-state index is 14.2. The van der Waals surface area contributed by atoms with E-state index in [2.05, 4.69) is 20.2 Å². The van der Waals surface area contributed by atoms with Crippen LogP contribution in [0.3, 0.4) is 0 Å². The molecule has 7 nitrogen and oxygen atoms in total. The van der Waals surface area contributed by atoms with Gasteiger partial charge in [0.2, 0.25) is 23.6 Å². The highest BCUT2D eigenvalue weighted by atomic mass is 32.1. The van der Waals surface area contributed by atoms with Gasteiger partial charge in [0, 0.05) is 43.9 Å². The number of hydrogen-bond donors (Lipinski definition) is 1. The van der Waals surface area contributed by atoms with Crippen LogP contribution in [0.15, 0.2) is 24.3 Å². The average molecular weight is 448 g/mol. The number of nitrogens with zero attached hydrogens (tertiary/aromatic N) is 3. The number of methoxy groups -OCH3 is 1. The third-order valence-corrected chi connectivity index (χ3v) is 6.09. The molecule has 1 amide bonds. The van der Waals surface area contributed by atoms with Crippen molar-refractivity contribution in [3.8, 4) is 11.8 Å². The molecular weight excluding hydrogens is 426 g/mol. The molecule has 0 bridgehead atoms. The van der Waals surface area contributed by atoms with Crippen molar-refractivity contribution in [3.63, 3.8) is 0 Å². The molecule has 4 rings (SSSR count). The molecule has 0 unspecified atom stereocenters. The maximum absolute atomic E-state index is 14.2. The van der Waals surface area contributed by atoms with Crippen LogP contribution in [-0.4, -0.2) is 46.6 Å². The van der Waals surface area contributed by atoms with Crippen molar-refractivity contribution in [1.82, 2.24) is 14.9 Å². The molecule has 10 heteroatoms. The van der Waals surface area contributed by atoms with Gasteiger partial charge in [-0.3, -0.25) is 9.69 Å². The predicted octanol–water partition coefficient (Wildman–Crippen LogP) is 3.98. The van der Waals surface area contributed by atoms with Gasteiger partial charge in [-0.2, -0.15) is 14.4 Å². The molecule has 0 spiro atoms. The van der Waals surface area contributed by atoms with E-state index in [1.807, 2.05) is 6.92 Å². The molecule has 2 atom stereocenters. The Morgan fingerprint density at radius 2 is 2.13 bits per heavy atom. The van der Waals surface area contributed by atoms with E-state index >= 15 is 0 Å². The second-order valence-electron chi connectivity index (χ2n) is 7.50. The minimum absolute atomic E-state index is 0.149. The van der Waals surface area contributed by atoms with Gasteiger partial charge in [0.1, 0.15) is 11.9 Å². The molecule has 1 saturated heterocycles. The summed E-state index contributed by atoms with van der Waals surface area (Å²) in [6.45, 7) is 4.33. The molecule has 1 aromatic carbocycles. The lowest BCUT2D eigenvalue weighted by molar-refractivity contribution is -0.114. The quantitative estimate of drug-likeness (QED) is 0.615. The third-order valence-electron chi connectivity index (χ3n) is 5.16. The number of carbonyl (C=O) groups excluding carboxylic acids is 1. The van der Waals surface area contributed by atoms with Crippen molar-refractivity contribution in [3.05, 3.63) is 40.9 Å². The van der Waals surface area contributed by atoms with Crippen LogP contribution in [0.4, 0.5) is 13.9 Å². The van der Waals surface area contributed by atoms with Crippen molar-refractivity contribution < 1.29 is 23.0 Å². The Hall–Kier alpha value is -2.85. The van der Waals surface area contributed by atoms with Crippen LogP contribution in [0.5, 0.6) is 11.8 Å². The molecule has 31 heavy (non-hydrogen) atoms. The average Bonchev–Trinajstić information content (AvgIpc) is 3.21. The first-order valence-corrected chi connectivity index (χ1v) is 10.6. The first kappa shape index (κ1) is 21.4. The second kappa shape index (κ2) is 8.72. The number of ether oxygens (including phenoxy) is 2. The van der Waals surface area contributed by atoms with E-state index in [4.69, 9.17) is 9.47 Å². The van der Waals surface area contributed by atoms with Gasteiger partial charge in [-0.15, -0.1) is 0 Å². The smallest absolute Gasteiger partial charge is 0.230 e. The number of hydrogen-bond acceptors (Lipinski definition) is 7. The molecule has 3 heterocycles. The van der Waals surface area contributed by atoms with Gasteiger partial charge < -0.3 is 14.8 Å². The summed E-state index contributed by atoms with van der Waals surface area (Å²) in [7, 11) is 1.51. The van der Waals surface area contributed by atoms with Gasteiger partial charge in [0.15, 0.2) is 5.13 Å². The van der Waals surface area contributed by atoms with Crippen molar-refractivity contribution in [2.24, 2.45) is 0 Å². The van der Waals surface area contributed by atoms with E-state index in [1.165, 1.54) is 26.2 Å². The van der Waals surface area contributed by atoms with E-state index in [9.17, 15) is 13.6 Å². The van der Waals surface area contributed by atoms with Gasteiger partial charge in [-0.05, 0) is 30.5 Å². The second-order valence-corrected chi connectivity index (χ2v) is 8.59. The van der Waals surface area contributed by atoms with Gasteiger partial charge >= 0.3 is 0 Å². The third kappa shape index (κ3) is 4.75. The van der Waals surface area contributed by atoms with Crippen LogP contribution in [-0.2, 0) is 11.3 Å². The summed E-state index contributed by atoms with van der Waals surface area (Å²) in [5, 5.41) is 4.10. The molecule has 0 radical (unpaired) electrons. The number of halogens is 2. The van der Waals surface area contributed by atoms with Crippen LogP contribution < -0.4 is 14.8 Å². The van der Waals surface area contributed by atoms with Crippen LogP contribution in [0.2, 0.25) is 0 Å². The van der Waals surface area contributed by atoms with E-state index in [0.717, 1.165) is 17.8 Å². The minimum Gasteiger partial charge on any atom is -0.480 e. The Labute approximate surface area is 182 Å². The summed E-state index contributed by atoms with van der Waals surface area (Å²) in [5.41, 5.74) is 0. The zero-order valence-electron chi connectivity index (χ0n) is 17.3. The summed E-state index contributed by atoms with van der Waals surface area (Å²) in [5.74, 6) is -0.495. The zero-order valence-corrected chi connectivity index (χ0v) is 18.1. The number of nitrogens with one attached hydrogen (secondary N) is 1. The summed E-state index contributed by atoms with van der Waals surface area (Å²) in [4.78, 5) is 21.9. The molecule has 1 fully saturated rings. The predicted molar refractivity (Wildman–Crippen MR) is 114 cm³/mol. The van der Waals surface area contributed by atoms with Gasteiger partial charge in [0.05, 0.1) is 12.0 Å². The fraction of sp³-hybridized carbons (Fsp3) is 0.381. The standard InChI is InChI=1S/C21H22F2N4O3S/c1-11-6-15(9-27(11)10-17-19(23)26-21(31-17)24-12(2)28)30-18-8-13-7-14(22)4-5-16(13)20(25-18)29-3/h4-5,7-8,11,15H,6,9-10H2,1-3H3,(H,24,26,28)/t11-,15+/m0/s1. The Balaban J connectivity index is 1.47. The highest BCUT2D eigenvalue weighted by Gasteiger charge is 2.32. The highest BCUT2D eigenvalue weighted by Crippen LogP contribution is 2.31. The summed E-state index contributed by atoms with van der Waals surface area (Å²) in [6, 6.07) is 6.24. The topological polar surface area (TPSA) is 76.6 Å². The molecule has 0 saturated carbocycles. The molecule has 1 aliphatic heterocycles. The Morgan fingerprint density at radius 1 is 1.32 bits per heavy atom. The number of pyridine rings is 1. The first-order valence-electron chi connectivity index (χ1n) is 9.80. The van der Waals surface area contributed by atoms with E-state index in [1.54, 1.807) is 12.1 Å². The van der Waals surface area contributed by atoms with Crippen LogP contribution in [0.1, 0.15) is 25.1 Å². The Kier molecular flexibility index (Phi) is 6.01. The van der Waals surface area contributed by atoms with Gasteiger partial charge in [0.25, 0.3) is 0 Å². The van der Waals surface area contributed by atoms with Gasteiger partial charge in [-0.25, -0.2) is 4.39 Å². The fourth-order valence-electron chi connectivity index (χ4n) is 3.73. The monoisotopic (exact) mass is 448 g/mol. The lowest BCUT2D eigenvalue weighted by Gasteiger charge is -2.19. The molecule has 2 aromatic heterocycles. The number of anilines is 1. The SMILES string of the molecule is COc1nc(O[C@@H]2C[C@H](C)N(Cc3sc(NC(C)=O)nc3F)C2)cc2cc(F)ccc12. The number of rotatable bonds is 6. The van der Waals surface area contributed by atoms with Crippen molar-refractivity contribution in [1.29, 1.82) is 0 Å².